The van der Waals surface area contributed by atoms with Crippen LogP contribution in [0.3, 0.4) is 0 Å². The van der Waals surface area contributed by atoms with E-state index in [2.05, 4.69) is 20.6 Å². The lowest BCUT2D eigenvalue weighted by molar-refractivity contribution is 0.0962. The largest absolute Gasteiger partial charge is 0.506 e. The molecule has 186 valence electrons. The highest BCUT2D eigenvalue weighted by atomic mass is 16.5. The molecule has 2 aromatic carbocycles. The number of hydrogen-bond acceptors (Lipinski definition) is 8. The summed E-state index contributed by atoms with van der Waals surface area (Å²) in [5.41, 5.74) is 9.32. The van der Waals surface area contributed by atoms with Crippen LogP contribution in [0, 0.1) is 0 Å². The summed E-state index contributed by atoms with van der Waals surface area (Å²) in [4.78, 5) is 24.6. The lowest BCUT2D eigenvalue weighted by Gasteiger charge is -2.16. The molecule has 4 aromatic rings. The minimum absolute atomic E-state index is 0.00612. The summed E-state index contributed by atoms with van der Waals surface area (Å²) >= 11 is 0. The summed E-state index contributed by atoms with van der Waals surface area (Å²) in [5.74, 6) is 1.03. The van der Waals surface area contributed by atoms with Crippen LogP contribution in [-0.4, -0.2) is 46.2 Å². The SMILES string of the molecule is CNC(=O)c1ccc(Nc2nc(OC3CCCC3)c3c(-c4ccc(N)c(O)c4)c[nH]c3n2)c(OC)c1. The van der Waals surface area contributed by atoms with Crippen molar-refractivity contribution >= 4 is 34.3 Å². The Morgan fingerprint density at radius 1 is 1.17 bits per heavy atom. The number of carbonyl (C=O) groups excluding carboxylic acids is 1. The van der Waals surface area contributed by atoms with Crippen molar-refractivity contribution < 1.29 is 19.4 Å². The maximum Gasteiger partial charge on any atom is 0.251 e. The van der Waals surface area contributed by atoms with Gasteiger partial charge >= 0.3 is 0 Å². The number of aromatic nitrogens is 3. The molecule has 1 amide bonds. The molecular formula is C26H28N6O4. The molecule has 0 radical (unpaired) electrons. The van der Waals surface area contributed by atoms with Crippen molar-refractivity contribution in [1.29, 1.82) is 0 Å². The van der Waals surface area contributed by atoms with Crippen LogP contribution in [0.4, 0.5) is 17.3 Å². The van der Waals surface area contributed by atoms with Crippen LogP contribution in [-0.2, 0) is 0 Å². The number of aromatic amines is 1. The Bertz CT molecular complexity index is 1430. The van der Waals surface area contributed by atoms with Gasteiger partial charge in [0.15, 0.2) is 0 Å². The highest BCUT2D eigenvalue weighted by molar-refractivity contribution is 5.98. The molecule has 10 heteroatoms. The van der Waals surface area contributed by atoms with E-state index in [-0.39, 0.29) is 17.8 Å². The number of anilines is 3. The first-order valence-corrected chi connectivity index (χ1v) is 11.8. The fourth-order valence-corrected chi connectivity index (χ4v) is 4.44. The average molecular weight is 489 g/mol. The van der Waals surface area contributed by atoms with Crippen molar-refractivity contribution in [2.75, 3.05) is 25.2 Å². The molecule has 2 aromatic heterocycles. The number of carbonyl (C=O) groups is 1. The van der Waals surface area contributed by atoms with E-state index < -0.39 is 0 Å². The number of ether oxygens (including phenoxy) is 2. The lowest BCUT2D eigenvalue weighted by Crippen LogP contribution is -2.17. The third-order valence-corrected chi connectivity index (χ3v) is 6.36. The molecule has 0 bridgehead atoms. The van der Waals surface area contributed by atoms with Crippen LogP contribution in [0.15, 0.2) is 42.6 Å². The van der Waals surface area contributed by atoms with Gasteiger partial charge in [0.1, 0.15) is 23.3 Å². The number of hydrogen-bond donors (Lipinski definition) is 5. The van der Waals surface area contributed by atoms with E-state index in [1.807, 2.05) is 12.3 Å². The van der Waals surface area contributed by atoms with Crippen LogP contribution in [0.1, 0.15) is 36.0 Å². The van der Waals surface area contributed by atoms with Crippen LogP contribution >= 0.6 is 0 Å². The van der Waals surface area contributed by atoms with Crippen LogP contribution < -0.4 is 25.8 Å². The van der Waals surface area contributed by atoms with Crippen molar-refractivity contribution in [3.63, 3.8) is 0 Å². The molecule has 0 saturated heterocycles. The molecule has 0 unspecified atom stereocenters. The van der Waals surface area contributed by atoms with E-state index in [4.69, 9.17) is 20.2 Å². The number of benzene rings is 2. The number of H-pyrrole nitrogens is 1. The number of rotatable bonds is 7. The first-order valence-electron chi connectivity index (χ1n) is 11.8. The molecule has 1 fully saturated rings. The topological polar surface area (TPSA) is 147 Å². The molecule has 1 saturated carbocycles. The second kappa shape index (κ2) is 9.65. The lowest BCUT2D eigenvalue weighted by atomic mass is 10.1. The highest BCUT2D eigenvalue weighted by Crippen LogP contribution is 2.39. The zero-order valence-corrected chi connectivity index (χ0v) is 20.1. The summed E-state index contributed by atoms with van der Waals surface area (Å²) in [6.45, 7) is 0. The number of nitrogens with one attached hydrogen (secondary N) is 3. The summed E-state index contributed by atoms with van der Waals surface area (Å²) in [6, 6.07) is 10.2. The molecule has 0 aliphatic heterocycles. The Morgan fingerprint density at radius 3 is 2.69 bits per heavy atom. The fourth-order valence-electron chi connectivity index (χ4n) is 4.44. The minimum atomic E-state index is -0.211. The van der Waals surface area contributed by atoms with E-state index >= 15 is 0 Å². The van der Waals surface area contributed by atoms with E-state index in [0.717, 1.165) is 42.2 Å². The number of nitrogen functional groups attached to an aromatic ring is 1. The van der Waals surface area contributed by atoms with Gasteiger partial charge in [-0.05, 0) is 61.6 Å². The third kappa shape index (κ3) is 4.45. The van der Waals surface area contributed by atoms with E-state index in [1.54, 1.807) is 37.4 Å². The average Bonchev–Trinajstić information content (AvgIpc) is 3.55. The van der Waals surface area contributed by atoms with Gasteiger partial charge in [-0.15, -0.1) is 0 Å². The molecule has 0 atom stereocenters. The number of aromatic hydroxyl groups is 1. The number of phenols is 1. The number of methoxy groups -OCH3 is 1. The summed E-state index contributed by atoms with van der Waals surface area (Å²) in [7, 11) is 3.11. The number of amides is 1. The molecule has 0 spiro atoms. The zero-order chi connectivity index (χ0) is 25.2. The van der Waals surface area contributed by atoms with Gasteiger partial charge in [-0.1, -0.05) is 6.07 Å². The van der Waals surface area contributed by atoms with E-state index in [9.17, 15) is 9.90 Å². The van der Waals surface area contributed by atoms with Gasteiger partial charge in [-0.3, -0.25) is 4.79 Å². The fraction of sp³-hybridized carbons (Fsp3) is 0.269. The Labute approximate surface area is 207 Å². The summed E-state index contributed by atoms with van der Waals surface area (Å²) in [5, 5.41) is 16.7. The maximum atomic E-state index is 12.0. The van der Waals surface area contributed by atoms with Crippen molar-refractivity contribution in [2.24, 2.45) is 0 Å². The predicted octanol–water partition coefficient (Wildman–Crippen LogP) is 4.35. The summed E-state index contributed by atoms with van der Waals surface area (Å²) < 4.78 is 11.9. The first-order chi connectivity index (χ1) is 17.5. The zero-order valence-electron chi connectivity index (χ0n) is 20.1. The quantitative estimate of drug-likeness (QED) is 0.191. The normalized spacial score (nSPS) is 13.6. The molecule has 5 rings (SSSR count). The molecular weight excluding hydrogens is 460 g/mol. The van der Waals surface area contributed by atoms with Crippen LogP contribution in [0.5, 0.6) is 17.4 Å². The minimum Gasteiger partial charge on any atom is -0.506 e. The van der Waals surface area contributed by atoms with Crippen molar-refractivity contribution in [3.8, 4) is 28.5 Å². The molecule has 6 N–H and O–H groups in total. The Balaban J connectivity index is 1.57. The van der Waals surface area contributed by atoms with Gasteiger partial charge in [0.05, 0.1) is 23.9 Å². The Hall–Kier alpha value is -4.47. The first kappa shape index (κ1) is 23.3. The molecule has 1 aliphatic carbocycles. The standard InChI is InChI=1S/C26H28N6O4/c1-28-24(34)15-8-10-19(21(12-15)35-2)30-26-31-23-22(25(32-26)36-16-5-3-4-6-16)17(13-29-23)14-7-9-18(27)20(33)11-14/h7-13,16,33H,3-6,27H2,1-2H3,(H,28,34)(H2,29,30,31,32). The van der Waals surface area contributed by atoms with Crippen molar-refractivity contribution in [2.45, 2.75) is 31.8 Å². The predicted molar refractivity (Wildman–Crippen MR) is 138 cm³/mol. The number of phenolic OH excluding ortho intramolecular Hbond substituents is 1. The van der Waals surface area contributed by atoms with E-state index in [0.29, 0.717) is 40.2 Å². The van der Waals surface area contributed by atoms with E-state index in [1.165, 1.54) is 7.11 Å². The molecule has 1 aliphatic rings. The third-order valence-electron chi connectivity index (χ3n) is 6.36. The smallest absolute Gasteiger partial charge is 0.251 e. The number of fused-ring (bicyclic) bond motifs is 1. The van der Waals surface area contributed by atoms with Gasteiger partial charge in [0, 0.05) is 24.4 Å². The molecule has 10 nitrogen and oxygen atoms in total. The van der Waals surface area contributed by atoms with Crippen LogP contribution in [0.2, 0.25) is 0 Å². The second-order valence-corrected chi connectivity index (χ2v) is 8.70. The number of nitrogens with two attached hydrogens (primary N) is 1. The maximum absolute atomic E-state index is 12.0. The monoisotopic (exact) mass is 488 g/mol. The summed E-state index contributed by atoms with van der Waals surface area (Å²) in [6.07, 6.45) is 6.04. The van der Waals surface area contributed by atoms with Crippen molar-refractivity contribution in [1.82, 2.24) is 20.3 Å². The molecule has 36 heavy (non-hydrogen) atoms. The van der Waals surface area contributed by atoms with Crippen LogP contribution in [0.25, 0.3) is 22.2 Å². The van der Waals surface area contributed by atoms with Gasteiger partial charge in [-0.2, -0.15) is 9.97 Å². The molecule has 2 heterocycles. The van der Waals surface area contributed by atoms with Gasteiger partial charge in [0.2, 0.25) is 11.8 Å². The Morgan fingerprint density at radius 2 is 1.97 bits per heavy atom. The van der Waals surface area contributed by atoms with Gasteiger partial charge in [-0.25, -0.2) is 0 Å². The highest BCUT2D eigenvalue weighted by Gasteiger charge is 2.23. The second-order valence-electron chi connectivity index (χ2n) is 8.70. The Kier molecular flexibility index (Phi) is 6.24. The number of nitrogens with zero attached hydrogens (tertiary/aromatic N) is 2. The van der Waals surface area contributed by atoms with Gasteiger partial charge in [0.25, 0.3) is 5.91 Å². The van der Waals surface area contributed by atoms with Gasteiger partial charge < -0.3 is 35.9 Å². The van der Waals surface area contributed by atoms with Crippen molar-refractivity contribution in [3.05, 3.63) is 48.2 Å².